The van der Waals surface area contributed by atoms with Crippen molar-refractivity contribution in [1.82, 2.24) is 9.38 Å². The zero-order chi connectivity index (χ0) is 17.5. The molecule has 0 amide bonds. The van der Waals surface area contributed by atoms with E-state index in [1.54, 1.807) is 18.2 Å². The van der Waals surface area contributed by atoms with Crippen LogP contribution in [0, 0.1) is 6.92 Å². The van der Waals surface area contributed by atoms with Gasteiger partial charge in [-0.1, -0.05) is 32.0 Å². The average Bonchev–Trinajstić information content (AvgIpc) is 2.97. The Morgan fingerprint density at radius 2 is 1.83 bits per heavy atom. The van der Waals surface area contributed by atoms with Gasteiger partial charge in [0.05, 0.1) is 12.8 Å². The van der Waals surface area contributed by atoms with Crippen molar-refractivity contribution in [2.24, 2.45) is 0 Å². The number of methoxy groups -OCH3 is 1. The minimum Gasteiger partial charge on any atom is -0.486 e. The molecule has 0 N–H and O–H groups in total. The van der Waals surface area contributed by atoms with E-state index in [1.807, 2.05) is 55.6 Å². The third-order valence-corrected chi connectivity index (χ3v) is 3.52. The highest BCUT2D eigenvalue weighted by Crippen LogP contribution is 2.21. The van der Waals surface area contributed by atoms with E-state index in [0.29, 0.717) is 17.9 Å². The molecule has 5 heteroatoms. The van der Waals surface area contributed by atoms with Gasteiger partial charge in [0, 0.05) is 11.9 Å². The molecule has 24 heavy (non-hydrogen) atoms. The first-order chi connectivity index (χ1) is 11.7. The highest BCUT2D eigenvalue weighted by atomic mass is 16.5. The molecule has 0 radical (unpaired) electrons. The molecule has 0 fully saturated rings. The van der Waals surface area contributed by atoms with Gasteiger partial charge < -0.3 is 13.9 Å². The van der Waals surface area contributed by atoms with E-state index in [4.69, 9.17) is 9.47 Å². The number of para-hydroxylation sites is 1. The van der Waals surface area contributed by atoms with E-state index in [1.165, 1.54) is 7.11 Å². The zero-order valence-electron chi connectivity index (χ0n) is 14.4. The summed E-state index contributed by atoms with van der Waals surface area (Å²) in [5.74, 6) is 0.0770. The number of nitrogens with zero attached hydrogens (tertiary/aromatic N) is 2. The molecule has 0 aliphatic rings. The largest absolute Gasteiger partial charge is 0.486 e. The maximum absolute atomic E-state index is 11.7. The fraction of sp³-hybridized carbons (Fsp3) is 0.263. The lowest BCUT2D eigenvalue weighted by molar-refractivity contribution is 0.0595. The number of aryl methyl sites for hydroxylation is 1. The molecule has 2 aromatic heterocycles. The number of ether oxygens (including phenoxy) is 2. The van der Waals surface area contributed by atoms with Crippen LogP contribution in [0.1, 0.15) is 35.6 Å². The van der Waals surface area contributed by atoms with Crippen molar-refractivity contribution in [2.75, 3.05) is 7.11 Å². The standard InChI is InChI=1S/C17H16N2O3.C2H6/c1-12-14(18-16-9-5-6-10-19(12)16)11-22-15-8-4-3-7-13(15)17(20)21-2;1-2/h3-10H,11H2,1-2H3;1-2H3. The Labute approximate surface area is 141 Å². The van der Waals surface area contributed by atoms with Crippen LogP contribution in [0.3, 0.4) is 0 Å². The molecule has 3 aromatic rings. The van der Waals surface area contributed by atoms with Crippen molar-refractivity contribution < 1.29 is 14.3 Å². The fourth-order valence-electron chi connectivity index (χ4n) is 2.32. The third kappa shape index (κ3) is 3.56. The van der Waals surface area contributed by atoms with E-state index < -0.39 is 5.97 Å². The smallest absolute Gasteiger partial charge is 0.341 e. The maximum atomic E-state index is 11.7. The van der Waals surface area contributed by atoms with Gasteiger partial charge in [0.1, 0.15) is 23.6 Å². The van der Waals surface area contributed by atoms with Crippen LogP contribution in [0.5, 0.6) is 5.75 Å². The minimum absolute atomic E-state index is 0.293. The predicted molar refractivity (Wildman–Crippen MR) is 93.4 cm³/mol. The van der Waals surface area contributed by atoms with Crippen LogP contribution in [0.15, 0.2) is 48.7 Å². The molecular weight excluding hydrogens is 304 g/mol. The van der Waals surface area contributed by atoms with Crippen molar-refractivity contribution in [3.63, 3.8) is 0 Å². The van der Waals surface area contributed by atoms with E-state index in [0.717, 1.165) is 17.0 Å². The van der Waals surface area contributed by atoms with Crippen molar-refractivity contribution >= 4 is 11.6 Å². The van der Waals surface area contributed by atoms with Crippen molar-refractivity contribution in [3.05, 3.63) is 65.6 Å². The Hall–Kier alpha value is -2.82. The van der Waals surface area contributed by atoms with Gasteiger partial charge in [-0.25, -0.2) is 9.78 Å². The molecule has 126 valence electrons. The number of benzene rings is 1. The molecular formula is C19H22N2O3. The lowest BCUT2D eigenvalue weighted by Crippen LogP contribution is -2.06. The maximum Gasteiger partial charge on any atom is 0.341 e. The van der Waals surface area contributed by atoms with Crippen LogP contribution in [0.25, 0.3) is 5.65 Å². The molecule has 0 saturated heterocycles. The first-order valence-electron chi connectivity index (χ1n) is 7.93. The molecule has 2 heterocycles. The lowest BCUT2D eigenvalue weighted by atomic mass is 10.2. The van der Waals surface area contributed by atoms with Gasteiger partial charge in [0.25, 0.3) is 0 Å². The van der Waals surface area contributed by atoms with Gasteiger partial charge in [-0.3, -0.25) is 0 Å². The highest BCUT2D eigenvalue weighted by Gasteiger charge is 2.14. The molecule has 0 aliphatic heterocycles. The van der Waals surface area contributed by atoms with Gasteiger partial charge in [-0.05, 0) is 31.2 Å². The molecule has 0 spiro atoms. The monoisotopic (exact) mass is 326 g/mol. The molecule has 3 rings (SSSR count). The Morgan fingerprint density at radius 1 is 1.12 bits per heavy atom. The number of pyridine rings is 1. The number of hydrogen-bond acceptors (Lipinski definition) is 4. The van der Waals surface area contributed by atoms with Gasteiger partial charge in [-0.2, -0.15) is 0 Å². The van der Waals surface area contributed by atoms with Crippen molar-refractivity contribution in [1.29, 1.82) is 0 Å². The SMILES string of the molecule is CC.COC(=O)c1ccccc1OCc1nc2ccccn2c1C. The average molecular weight is 326 g/mol. The van der Waals surface area contributed by atoms with E-state index in [9.17, 15) is 4.79 Å². The fourth-order valence-corrected chi connectivity index (χ4v) is 2.32. The number of fused-ring (bicyclic) bond motifs is 1. The van der Waals surface area contributed by atoms with E-state index in [-0.39, 0.29) is 0 Å². The number of esters is 1. The summed E-state index contributed by atoms with van der Waals surface area (Å²) in [5.41, 5.74) is 3.14. The van der Waals surface area contributed by atoms with Crippen molar-refractivity contribution in [3.8, 4) is 5.75 Å². The third-order valence-electron chi connectivity index (χ3n) is 3.52. The number of rotatable bonds is 4. The predicted octanol–water partition coefficient (Wildman–Crippen LogP) is 4.03. The molecule has 0 saturated carbocycles. The zero-order valence-corrected chi connectivity index (χ0v) is 14.4. The summed E-state index contributed by atoms with van der Waals surface area (Å²) in [6.07, 6.45) is 1.96. The van der Waals surface area contributed by atoms with Gasteiger partial charge in [-0.15, -0.1) is 0 Å². The molecule has 0 atom stereocenters. The van der Waals surface area contributed by atoms with Crippen LogP contribution in [-0.4, -0.2) is 22.5 Å². The van der Waals surface area contributed by atoms with Crippen LogP contribution < -0.4 is 4.74 Å². The Morgan fingerprint density at radius 3 is 2.54 bits per heavy atom. The van der Waals surface area contributed by atoms with Crippen molar-refractivity contribution in [2.45, 2.75) is 27.4 Å². The Kier molecular flexibility index (Phi) is 5.95. The second-order valence-electron chi connectivity index (χ2n) is 4.85. The number of carbonyl (C=O) groups is 1. The summed E-state index contributed by atoms with van der Waals surface area (Å²) in [6, 6.07) is 12.9. The number of hydrogen-bond donors (Lipinski definition) is 0. The highest BCUT2D eigenvalue weighted by molar-refractivity contribution is 5.92. The van der Waals surface area contributed by atoms with Gasteiger partial charge in [0.15, 0.2) is 0 Å². The first-order valence-corrected chi connectivity index (χ1v) is 7.93. The number of carbonyl (C=O) groups excluding carboxylic acids is 1. The molecule has 0 bridgehead atoms. The second kappa shape index (κ2) is 8.15. The Bertz CT molecular complexity index is 824. The van der Waals surface area contributed by atoms with E-state index in [2.05, 4.69) is 4.98 Å². The summed E-state index contributed by atoms with van der Waals surface area (Å²) in [7, 11) is 1.35. The number of aromatic nitrogens is 2. The summed E-state index contributed by atoms with van der Waals surface area (Å²) in [5, 5.41) is 0. The quantitative estimate of drug-likeness (QED) is 0.679. The molecule has 0 unspecified atom stereocenters. The lowest BCUT2D eigenvalue weighted by Gasteiger charge is -2.09. The van der Waals surface area contributed by atoms with Crippen LogP contribution in [0.2, 0.25) is 0 Å². The molecule has 0 aliphatic carbocycles. The number of imidazole rings is 1. The summed E-state index contributed by atoms with van der Waals surface area (Å²) in [6.45, 7) is 6.28. The van der Waals surface area contributed by atoms with Gasteiger partial charge in [0.2, 0.25) is 0 Å². The van der Waals surface area contributed by atoms with Gasteiger partial charge >= 0.3 is 5.97 Å². The van der Waals surface area contributed by atoms with Crippen LogP contribution >= 0.6 is 0 Å². The molecule has 1 aromatic carbocycles. The van der Waals surface area contributed by atoms with Crippen LogP contribution in [-0.2, 0) is 11.3 Å². The second-order valence-corrected chi connectivity index (χ2v) is 4.85. The summed E-state index contributed by atoms with van der Waals surface area (Å²) in [4.78, 5) is 16.3. The Balaban J connectivity index is 0.00000100. The molecule has 5 nitrogen and oxygen atoms in total. The van der Waals surface area contributed by atoms with E-state index >= 15 is 0 Å². The van der Waals surface area contributed by atoms with Crippen LogP contribution in [0.4, 0.5) is 0 Å². The summed E-state index contributed by atoms with van der Waals surface area (Å²) < 4.78 is 12.5. The first kappa shape index (κ1) is 17.5. The normalized spacial score (nSPS) is 10.0. The topological polar surface area (TPSA) is 52.8 Å². The summed E-state index contributed by atoms with van der Waals surface area (Å²) >= 11 is 0. The minimum atomic E-state index is -0.415.